The molecule has 0 fully saturated rings. The van der Waals surface area contributed by atoms with Crippen molar-refractivity contribution in [2.24, 2.45) is 0 Å². The summed E-state index contributed by atoms with van der Waals surface area (Å²) in [5, 5.41) is 15.9. The molecule has 1 amide bonds. The van der Waals surface area contributed by atoms with Gasteiger partial charge in [0.05, 0.1) is 12.8 Å². The number of methoxy groups -OCH3 is 1. The van der Waals surface area contributed by atoms with Gasteiger partial charge in [0.1, 0.15) is 17.4 Å². The number of nitrogens with zero attached hydrogens (tertiary/aromatic N) is 1. The van der Waals surface area contributed by atoms with E-state index in [0.717, 1.165) is 5.56 Å². The van der Waals surface area contributed by atoms with Crippen LogP contribution in [-0.4, -0.2) is 19.6 Å². The molecular formula is C19H17Cl2N3O2. The Balaban J connectivity index is 1.97. The van der Waals surface area contributed by atoms with E-state index in [0.29, 0.717) is 34.4 Å². The molecule has 0 unspecified atom stereocenters. The smallest absolute Gasteiger partial charge is 0.267 e. The van der Waals surface area contributed by atoms with Crippen LogP contribution in [-0.2, 0) is 11.2 Å². The van der Waals surface area contributed by atoms with Gasteiger partial charge in [-0.2, -0.15) is 5.26 Å². The fraction of sp³-hybridized carbons (Fsp3) is 0.158. The van der Waals surface area contributed by atoms with Gasteiger partial charge in [0, 0.05) is 22.8 Å². The van der Waals surface area contributed by atoms with Crippen LogP contribution in [0.5, 0.6) is 5.75 Å². The summed E-state index contributed by atoms with van der Waals surface area (Å²) < 4.78 is 5.17. The average Bonchev–Trinajstić information content (AvgIpc) is 2.62. The van der Waals surface area contributed by atoms with Crippen LogP contribution in [0, 0.1) is 11.3 Å². The van der Waals surface area contributed by atoms with Crippen LogP contribution in [0.4, 0.5) is 5.69 Å². The Labute approximate surface area is 162 Å². The zero-order valence-electron chi connectivity index (χ0n) is 14.1. The monoisotopic (exact) mass is 389 g/mol. The lowest BCUT2D eigenvalue weighted by atomic mass is 10.1. The summed E-state index contributed by atoms with van der Waals surface area (Å²) in [5.41, 5.74) is 1.40. The predicted molar refractivity (Wildman–Crippen MR) is 103 cm³/mol. The largest absolute Gasteiger partial charge is 0.495 e. The standard InChI is InChI=1S/C19H17Cl2N3O2/c1-26-18-6-5-16(21)10-17(18)24-19(25)14(11-22)12-23-8-7-13-3-2-4-15(20)9-13/h2-6,9-10,12,23H,7-8H2,1H3,(H,24,25)/b14-12-. The minimum absolute atomic E-state index is 0.0573. The van der Waals surface area contributed by atoms with E-state index in [9.17, 15) is 10.1 Å². The van der Waals surface area contributed by atoms with Crippen molar-refractivity contribution >= 4 is 34.8 Å². The van der Waals surface area contributed by atoms with Crippen LogP contribution in [0.25, 0.3) is 0 Å². The molecule has 26 heavy (non-hydrogen) atoms. The first-order valence-corrected chi connectivity index (χ1v) is 8.52. The maximum absolute atomic E-state index is 12.3. The molecule has 2 aromatic rings. The van der Waals surface area contributed by atoms with Crippen molar-refractivity contribution in [3.63, 3.8) is 0 Å². The molecule has 2 aromatic carbocycles. The first-order chi connectivity index (χ1) is 12.5. The zero-order chi connectivity index (χ0) is 18.9. The lowest BCUT2D eigenvalue weighted by Crippen LogP contribution is -2.18. The normalized spacial score (nSPS) is 10.8. The van der Waals surface area contributed by atoms with Crippen molar-refractivity contribution in [2.75, 3.05) is 19.0 Å². The topological polar surface area (TPSA) is 74.1 Å². The molecule has 0 aliphatic rings. The number of ether oxygens (including phenoxy) is 1. The SMILES string of the molecule is COc1ccc(Cl)cc1NC(=O)/C(C#N)=C\NCCc1cccc(Cl)c1. The number of hydrogen-bond donors (Lipinski definition) is 2. The summed E-state index contributed by atoms with van der Waals surface area (Å²) in [5.74, 6) is -0.0997. The number of anilines is 1. The van der Waals surface area contributed by atoms with Gasteiger partial charge in [0.25, 0.3) is 5.91 Å². The number of benzene rings is 2. The maximum Gasteiger partial charge on any atom is 0.267 e. The third kappa shape index (κ3) is 5.69. The Kier molecular flexibility index (Phi) is 7.34. The summed E-state index contributed by atoms with van der Waals surface area (Å²) in [7, 11) is 1.48. The first-order valence-electron chi connectivity index (χ1n) is 7.76. The van der Waals surface area contributed by atoms with Crippen molar-refractivity contribution in [1.29, 1.82) is 5.26 Å². The quantitative estimate of drug-likeness (QED) is 0.423. The minimum Gasteiger partial charge on any atom is -0.495 e. The highest BCUT2D eigenvalue weighted by Crippen LogP contribution is 2.27. The third-order valence-electron chi connectivity index (χ3n) is 3.47. The molecule has 5 nitrogen and oxygen atoms in total. The van der Waals surface area contributed by atoms with E-state index in [-0.39, 0.29) is 5.57 Å². The van der Waals surface area contributed by atoms with Crippen molar-refractivity contribution in [1.82, 2.24) is 5.32 Å². The molecule has 0 aromatic heterocycles. The van der Waals surface area contributed by atoms with E-state index in [1.165, 1.54) is 13.3 Å². The molecule has 0 aliphatic heterocycles. The number of carbonyl (C=O) groups is 1. The van der Waals surface area contributed by atoms with E-state index >= 15 is 0 Å². The summed E-state index contributed by atoms with van der Waals surface area (Å²) in [6, 6.07) is 14.2. The summed E-state index contributed by atoms with van der Waals surface area (Å²) in [4.78, 5) is 12.3. The molecule has 0 saturated heterocycles. The van der Waals surface area contributed by atoms with E-state index in [1.54, 1.807) is 24.3 Å². The highest BCUT2D eigenvalue weighted by Gasteiger charge is 2.12. The maximum atomic E-state index is 12.3. The first kappa shape index (κ1) is 19.6. The molecule has 0 atom stereocenters. The number of amides is 1. The van der Waals surface area contributed by atoms with Crippen molar-refractivity contribution in [2.45, 2.75) is 6.42 Å². The molecule has 2 rings (SSSR count). The molecule has 134 valence electrons. The molecule has 0 radical (unpaired) electrons. The van der Waals surface area contributed by atoms with Gasteiger partial charge in [-0.15, -0.1) is 0 Å². The molecule has 0 saturated carbocycles. The highest BCUT2D eigenvalue weighted by atomic mass is 35.5. The highest BCUT2D eigenvalue weighted by molar-refractivity contribution is 6.31. The van der Waals surface area contributed by atoms with Crippen molar-refractivity contribution < 1.29 is 9.53 Å². The van der Waals surface area contributed by atoms with E-state index in [4.69, 9.17) is 27.9 Å². The fourth-order valence-corrected chi connectivity index (χ4v) is 2.58. The average molecular weight is 390 g/mol. The number of nitriles is 1. The van der Waals surface area contributed by atoms with Gasteiger partial charge in [-0.3, -0.25) is 4.79 Å². The third-order valence-corrected chi connectivity index (χ3v) is 3.94. The second kappa shape index (κ2) is 9.71. The van der Waals surface area contributed by atoms with Crippen LogP contribution in [0.15, 0.2) is 54.2 Å². The Morgan fingerprint density at radius 2 is 2.00 bits per heavy atom. The van der Waals surface area contributed by atoms with Crippen LogP contribution in [0.2, 0.25) is 10.0 Å². The summed E-state index contributed by atoms with van der Waals surface area (Å²) in [6.45, 7) is 0.555. The molecule has 0 aliphatic carbocycles. The van der Waals surface area contributed by atoms with Gasteiger partial charge in [0.2, 0.25) is 0 Å². The Morgan fingerprint density at radius 1 is 1.23 bits per heavy atom. The van der Waals surface area contributed by atoms with Gasteiger partial charge in [-0.05, 0) is 42.3 Å². The van der Waals surface area contributed by atoms with Gasteiger partial charge < -0.3 is 15.4 Å². The minimum atomic E-state index is -0.552. The molecule has 0 spiro atoms. The number of carbonyl (C=O) groups excluding carboxylic acids is 1. The van der Waals surface area contributed by atoms with Crippen molar-refractivity contribution in [3.8, 4) is 11.8 Å². The molecule has 2 N–H and O–H groups in total. The number of hydrogen-bond acceptors (Lipinski definition) is 4. The van der Waals surface area contributed by atoms with Crippen molar-refractivity contribution in [3.05, 3.63) is 69.8 Å². The number of nitrogens with one attached hydrogen (secondary N) is 2. The lowest BCUT2D eigenvalue weighted by Gasteiger charge is -2.10. The van der Waals surface area contributed by atoms with Gasteiger partial charge in [-0.1, -0.05) is 35.3 Å². The molecule has 7 heteroatoms. The Bertz CT molecular complexity index is 860. The van der Waals surface area contributed by atoms with Crippen LogP contribution in [0.3, 0.4) is 0 Å². The van der Waals surface area contributed by atoms with E-state index in [2.05, 4.69) is 10.6 Å². The summed E-state index contributed by atoms with van der Waals surface area (Å²) in [6.07, 6.45) is 2.09. The summed E-state index contributed by atoms with van der Waals surface area (Å²) >= 11 is 11.9. The second-order valence-corrected chi connectivity index (χ2v) is 6.18. The molecule has 0 heterocycles. The number of rotatable bonds is 7. The van der Waals surface area contributed by atoms with E-state index < -0.39 is 5.91 Å². The zero-order valence-corrected chi connectivity index (χ0v) is 15.6. The molecule has 0 bridgehead atoms. The Hall–Kier alpha value is -2.68. The second-order valence-electron chi connectivity index (χ2n) is 5.30. The van der Waals surface area contributed by atoms with Crippen LogP contribution < -0.4 is 15.4 Å². The Morgan fingerprint density at radius 3 is 2.69 bits per heavy atom. The number of halogens is 2. The van der Waals surface area contributed by atoms with Gasteiger partial charge >= 0.3 is 0 Å². The van der Waals surface area contributed by atoms with Gasteiger partial charge in [-0.25, -0.2) is 0 Å². The predicted octanol–water partition coefficient (Wildman–Crippen LogP) is 4.18. The fourth-order valence-electron chi connectivity index (χ4n) is 2.20. The lowest BCUT2D eigenvalue weighted by molar-refractivity contribution is -0.112. The van der Waals surface area contributed by atoms with Crippen LogP contribution >= 0.6 is 23.2 Å². The van der Waals surface area contributed by atoms with Crippen LogP contribution in [0.1, 0.15) is 5.56 Å². The van der Waals surface area contributed by atoms with Gasteiger partial charge in [0.15, 0.2) is 0 Å². The molecular weight excluding hydrogens is 373 g/mol. The van der Waals surface area contributed by atoms with E-state index in [1.807, 2.05) is 24.3 Å².